The van der Waals surface area contributed by atoms with Crippen molar-refractivity contribution in [1.29, 1.82) is 0 Å². The summed E-state index contributed by atoms with van der Waals surface area (Å²) in [5.41, 5.74) is 10.7. The van der Waals surface area contributed by atoms with Crippen molar-refractivity contribution < 1.29 is 0 Å². The second kappa shape index (κ2) is 11.2. The highest BCUT2D eigenvalue weighted by atomic mass is 15.1. The van der Waals surface area contributed by atoms with Crippen LogP contribution in [0.4, 0.5) is 0 Å². The first kappa shape index (κ1) is 25.0. The summed E-state index contributed by atoms with van der Waals surface area (Å²) in [4.78, 5) is 12.3. The van der Waals surface area contributed by atoms with Gasteiger partial charge in [0.05, 0.1) is 11.2 Å². The molecule has 6 nitrogen and oxygen atoms in total. The third-order valence-electron chi connectivity index (χ3n) is 7.76. The van der Waals surface area contributed by atoms with E-state index >= 15 is 0 Å². The van der Waals surface area contributed by atoms with Gasteiger partial charge in [-0.3, -0.25) is 15.1 Å². The van der Waals surface area contributed by atoms with Crippen molar-refractivity contribution in [3.05, 3.63) is 108 Å². The number of rotatable bonds is 9. The Morgan fingerprint density at radius 1 is 1.03 bits per heavy atom. The quantitative estimate of drug-likeness (QED) is 0.181. The lowest BCUT2D eigenvalue weighted by Gasteiger charge is -2.11. The van der Waals surface area contributed by atoms with Crippen molar-refractivity contribution in [2.75, 3.05) is 6.54 Å². The van der Waals surface area contributed by atoms with Gasteiger partial charge in [0.15, 0.2) is 0 Å². The van der Waals surface area contributed by atoms with Gasteiger partial charge in [0.2, 0.25) is 0 Å². The van der Waals surface area contributed by atoms with Gasteiger partial charge in [-0.2, -0.15) is 5.10 Å². The van der Waals surface area contributed by atoms with E-state index in [9.17, 15) is 0 Å². The molecule has 1 aliphatic carbocycles. The number of H-pyrrole nitrogens is 2. The number of benzene rings is 1. The number of pyridine rings is 2. The zero-order valence-electron chi connectivity index (χ0n) is 22.4. The lowest BCUT2D eigenvalue weighted by atomic mass is 9.98. The lowest BCUT2D eigenvalue weighted by molar-refractivity contribution is 0.489. The van der Waals surface area contributed by atoms with Gasteiger partial charge in [0.25, 0.3) is 0 Å². The van der Waals surface area contributed by atoms with Crippen LogP contribution < -0.4 is 5.32 Å². The van der Waals surface area contributed by atoms with Crippen LogP contribution >= 0.6 is 0 Å². The molecule has 0 saturated heterocycles. The SMILES string of the molecule is C=C/C=C(/c1ccncc1)c1cc(-c2n[nH]c3ccc(-c4cncc(CNCC5CCCC5)c4)cc23)[nH]c1C. The minimum Gasteiger partial charge on any atom is -0.357 e. The predicted octanol–water partition coefficient (Wildman–Crippen LogP) is 7.22. The smallest absolute Gasteiger partial charge is 0.116 e. The Kier molecular flexibility index (Phi) is 7.19. The molecule has 1 aliphatic rings. The van der Waals surface area contributed by atoms with Crippen LogP contribution in [0.25, 0.3) is 39.0 Å². The number of nitrogens with zero attached hydrogens (tertiary/aromatic N) is 3. The van der Waals surface area contributed by atoms with Gasteiger partial charge in [-0.15, -0.1) is 0 Å². The van der Waals surface area contributed by atoms with E-state index in [0.29, 0.717) is 0 Å². The van der Waals surface area contributed by atoms with Gasteiger partial charge in [-0.25, -0.2) is 0 Å². The topological polar surface area (TPSA) is 82.3 Å². The standard InChI is InChI=1S/C33H34N6/c1-3-6-28(25-11-13-34-14-12-25)29-17-32(37-22(29)2)33-30-16-26(9-10-31(30)38-39-33)27-15-24(20-36-21-27)19-35-18-23-7-4-5-8-23/h3,6,9-17,20-21,23,35,37H,1,4-5,7-8,18-19H2,2H3,(H,38,39)/b28-6-. The van der Waals surface area contributed by atoms with E-state index in [0.717, 1.165) is 74.8 Å². The van der Waals surface area contributed by atoms with Crippen LogP contribution in [0, 0.1) is 12.8 Å². The Bertz CT molecular complexity index is 1620. The minimum atomic E-state index is 0.827. The van der Waals surface area contributed by atoms with Gasteiger partial charge < -0.3 is 10.3 Å². The van der Waals surface area contributed by atoms with Gasteiger partial charge in [-0.1, -0.05) is 37.6 Å². The fourth-order valence-electron chi connectivity index (χ4n) is 5.73. The summed E-state index contributed by atoms with van der Waals surface area (Å²) in [6.07, 6.45) is 16.9. The molecule has 1 saturated carbocycles. The maximum atomic E-state index is 4.70. The Morgan fingerprint density at radius 3 is 2.69 bits per heavy atom. The van der Waals surface area contributed by atoms with Crippen LogP contribution in [0.15, 0.2) is 86.0 Å². The molecule has 0 aliphatic heterocycles. The van der Waals surface area contributed by atoms with Crippen LogP contribution in [-0.2, 0) is 6.54 Å². The lowest BCUT2D eigenvalue weighted by Crippen LogP contribution is -2.20. The molecule has 5 aromatic rings. The van der Waals surface area contributed by atoms with Gasteiger partial charge in [0, 0.05) is 53.5 Å². The van der Waals surface area contributed by atoms with Crippen molar-refractivity contribution in [3.8, 4) is 22.5 Å². The fraction of sp³-hybridized carbons (Fsp3) is 0.242. The molecule has 4 heterocycles. The van der Waals surface area contributed by atoms with Gasteiger partial charge >= 0.3 is 0 Å². The Morgan fingerprint density at radius 2 is 1.87 bits per heavy atom. The largest absolute Gasteiger partial charge is 0.357 e. The number of aryl methyl sites for hydroxylation is 1. The predicted molar refractivity (Wildman–Crippen MR) is 159 cm³/mol. The Hall–Kier alpha value is -4.29. The molecular weight excluding hydrogens is 480 g/mol. The molecular formula is C33H34N6. The number of aromatic amines is 2. The zero-order valence-corrected chi connectivity index (χ0v) is 22.4. The van der Waals surface area contributed by atoms with Crippen LogP contribution in [0.2, 0.25) is 0 Å². The van der Waals surface area contributed by atoms with Crippen molar-refractivity contribution in [2.45, 2.75) is 39.2 Å². The molecule has 1 aromatic carbocycles. The Labute approximate surface area is 229 Å². The van der Waals surface area contributed by atoms with Crippen LogP contribution in [-0.4, -0.2) is 31.7 Å². The normalized spacial score (nSPS) is 14.3. The second-order valence-corrected chi connectivity index (χ2v) is 10.5. The van der Waals surface area contributed by atoms with E-state index in [4.69, 9.17) is 5.10 Å². The number of hydrogen-bond donors (Lipinski definition) is 3. The molecule has 0 amide bonds. The highest BCUT2D eigenvalue weighted by molar-refractivity contribution is 5.96. The van der Waals surface area contributed by atoms with E-state index in [1.807, 2.05) is 49.1 Å². The summed E-state index contributed by atoms with van der Waals surface area (Å²) < 4.78 is 0. The first-order valence-electron chi connectivity index (χ1n) is 13.8. The number of nitrogens with one attached hydrogen (secondary N) is 3. The van der Waals surface area contributed by atoms with Crippen LogP contribution in [0.1, 0.15) is 48.1 Å². The zero-order chi connectivity index (χ0) is 26.6. The number of hydrogen-bond acceptors (Lipinski definition) is 4. The number of aromatic nitrogens is 5. The summed E-state index contributed by atoms with van der Waals surface area (Å²) in [7, 11) is 0. The molecule has 0 radical (unpaired) electrons. The maximum absolute atomic E-state index is 4.70. The highest BCUT2D eigenvalue weighted by Gasteiger charge is 2.17. The fourth-order valence-corrected chi connectivity index (χ4v) is 5.73. The molecule has 0 bridgehead atoms. The number of allylic oxidation sites excluding steroid dienone is 2. The molecule has 0 spiro atoms. The summed E-state index contributed by atoms with van der Waals surface area (Å²) in [6, 6.07) is 14.9. The first-order chi connectivity index (χ1) is 19.2. The molecule has 196 valence electrons. The minimum absolute atomic E-state index is 0.827. The summed E-state index contributed by atoms with van der Waals surface area (Å²) >= 11 is 0. The van der Waals surface area contributed by atoms with E-state index in [1.165, 1.54) is 31.2 Å². The first-order valence-corrected chi connectivity index (χ1v) is 13.8. The second-order valence-electron chi connectivity index (χ2n) is 10.5. The van der Waals surface area contributed by atoms with Gasteiger partial charge in [0.1, 0.15) is 5.69 Å². The maximum Gasteiger partial charge on any atom is 0.116 e. The molecule has 3 N–H and O–H groups in total. The summed E-state index contributed by atoms with van der Waals surface area (Å²) in [5.74, 6) is 0.827. The van der Waals surface area contributed by atoms with Crippen molar-refractivity contribution in [2.24, 2.45) is 5.92 Å². The summed E-state index contributed by atoms with van der Waals surface area (Å²) in [6.45, 7) is 7.96. The molecule has 6 rings (SSSR count). The van der Waals surface area contributed by atoms with Crippen molar-refractivity contribution in [1.82, 2.24) is 30.5 Å². The third-order valence-corrected chi connectivity index (χ3v) is 7.76. The average molecular weight is 515 g/mol. The number of fused-ring (bicyclic) bond motifs is 1. The van der Waals surface area contributed by atoms with E-state index in [1.54, 1.807) is 0 Å². The summed E-state index contributed by atoms with van der Waals surface area (Å²) in [5, 5.41) is 12.6. The van der Waals surface area contributed by atoms with E-state index < -0.39 is 0 Å². The van der Waals surface area contributed by atoms with Gasteiger partial charge in [-0.05, 0) is 90.9 Å². The molecule has 39 heavy (non-hydrogen) atoms. The molecule has 1 fully saturated rings. The highest BCUT2D eigenvalue weighted by Crippen LogP contribution is 2.34. The molecule has 4 aromatic heterocycles. The molecule has 0 atom stereocenters. The van der Waals surface area contributed by atoms with Crippen molar-refractivity contribution >= 4 is 16.5 Å². The third kappa shape index (κ3) is 5.33. The molecule has 6 heteroatoms. The average Bonchev–Trinajstić information content (AvgIpc) is 3.72. The van der Waals surface area contributed by atoms with Crippen LogP contribution in [0.5, 0.6) is 0 Å². The van der Waals surface area contributed by atoms with Crippen LogP contribution in [0.3, 0.4) is 0 Å². The monoisotopic (exact) mass is 514 g/mol. The Balaban J connectivity index is 1.29. The van der Waals surface area contributed by atoms with E-state index in [2.05, 4.69) is 69.2 Å². The van der Waals surface area contributed by atoms with Crippen molar-refractivity contribution in [3.63, 3.8) is 0 Å². The molecule has 0 unspecified atom stereocenters. The van der Waals surface area contributed by atoms with E-state index in [-0.39, 0.29) is 0 Å².